The summed E-state index contributed by atoms with van der Waals surface area (Å²) >= 11 is 0. The normalized spacial score (nSPS) is 14.2. The smallest absolute Gasteiger partial charge is 0.462 e. The summed E-state index contributed by atoms with van der Waals surface area (Å²) in [7, 11) is -9.93. The van der Waals surface area contributed by atoms with Gasteiger partial charge in [-0.3, -0.25) is 37.3 Å². The summed E-state index contributed by atoms with van der Waals surface area (Å²) in [6.45, 7) is 12.0. The molecule has 103 heavy (non-hydrogen) atoms. The molecule has 0 bridgehead atoms. The first kappa shape index (κ1) is 101. The Kier molecular flexibility index (Phi) is 72.8. The summed E-state index contributed by atoms with van der Waals surface area (Å²) in [4.78, 5) is 73.1. The van der Waals surface area contributed by atoms with Gasteiger partial charge in [-0.25, -0.2) is 9.13 Å². The number of esters is 4. The molecular weight excluding hydrogens is 1340 g/mol. The first-order valence-corrected chi connectivity index (χ1v) is 46.4. The Morgan fingerprint density at radius 1 is 0.282 bits per heavy atom. The number of hydrogen-bond acceptors (Lipinski definition) is 15. The fraction of sp³-hybridized carbons (Fsp3) is 0.952. The van der Waals surface area contributed by atoms with Crippen molar-refractivity contribution in [1.29, 1.82) is 0 Å². The van der Waals surface area contributed by atoms with Crippen LogP contribution in [-0.4, -0.2) is 96.7 Å². The molecule has 0 amide bonds. The van der Waals surface area contributed by atoms with Crippen molar-refractivity contribution >= 4 is 39.5 Å². The molecule has 0 rings (SSSR count). The van der Waals surface area contributed by atoms with Crippen LogP contribution in [0.25, 0.3) is 0 Å². The van der Waals surface area contributed by atoms with Crippen molar-refractivity contribution in [1.82, 2.24) is 0 Å². The van der Waals surface area contributed by atoms with Crippen molar-refractivity contribution in [3.63, 3.8) is 0 Å². The second kappa shape index (κ2) is 74.2. The van der Waals surface area contributed by atoms with E-state index in [-0.39, 0.29) is 25.7 Å². The second-order valence-corrected chi connectivity index (χ2v) is 34.3. The maximum Gasteiger partial charge on any atom is 0.472 e. The standard InChI is InChI=1S/C84H164O17P2/c1-8-10-11-12-13-14-15-16-21-25-30-37-44-51-58-65-81(86)94-71-79(100-83(88)67-60-53-46-38-31-26-23-20-18-17-19-22-24-29-36-43-50-57-64-77(7)9-2)73-98-102(90,91)96-69-78(85)70-97-103(92,93)99-74-80(72-95-82(87)66-59-52-45-40-33-35-42-49-56-63-76(5)6)101-84(89)68-61-54-47-39-32-27-28-34-41-48-55-62-75(3)4/h75-80,85H,8-74H2,1-7H3,(H,90,91)(H,92,93)/t77?,78-,79-,80-/m1/s1. The molecule has 0 saturated heterocycles. The Hall–Kier alpha value is -1.94. The van der Waals surface area contributed by atoms with Crippen LogP contribution in [0.5, 0.6) is 0 Å². The van der Waals surface area contributed by atoms with Gasteiger partial charge >= 0.3 is 39.5 Å². The molecule has 0 spiro atoms. The highest BCUT2D eigenvalue weighted by Gasteiger charge is 2.30. The molecule has 0 aliphatic carbocycles. The average molecular weight is 1510 g/mol. The zero-order valence-corrected chi connectivity index (χ0v) is 69.6. The average Bonchev–Trinajstić information content (AvgIpc) is 0.917. The first-order chi connectivity index (χ1) is 49.8. The molecule has 0 radical (unpaired) electrons. The van der Waals surface area contributed by atoms with Gasteiger partial charge in [0.05, 0.1) is 26.4 Å². The van der Waals surface area contributed by atoms with Gasteiger partial charge in [0.25, 0.3) is 0 Å². The van der Waals surface area contributed by atoms with E-state index in [9.17, 15) is 43.2 Å². The van der Waals surface area contributed by atoms with Crippen molar-refractivity contribution in [3.8, 4) is 0 Å². The molecule has 0 heterocycles. The van der Waals surface area contributed by atoms with Crippen LogP contribution in [0.1, 0.15) is 440 Å². The topological polar surface area (TPSA) is 237 Å². The maximum absolute atomic E-state index is 13.1. The van der Waals surface area contributed by atoms with E-state index >= 15 is 0 Å². The van der Waals surface area contributed by atoms with Crippen molar-refractivity contribution in [2.24, 2.45) is 17.8 Å². The highest BCUT2D eigenvalue weighted by molar-refractivity contribution is 7.47. The molecular formula is C84H164O17P2. The summed E-state index contributed by atoms with van der Waals surface area (Å²) in [5, 5.41) is 10.7. The maximum atomic E-state index is 13.1. The number of unbranched alkanes of at least 4 members (excludes halogenated alkanes) is 49. The van der Waals surface area contributed by atoms with Crippen LogP contribution in [0.15, 0.2) is 0 Å². The van der Waals surface area contributed by atoms with Crippen LogP contribution in [0, 0.1) is 17.8 Å². The number of hydrogen-bond donors (Lipinski definition) is 3. The molecule has 3 N–H and O–H groups in total. The molecule has 17 nitrogen and oxygen atoms in total. The first-order valence-electron chi connectivity index (χ1n) is 43.4. The van der Waals surface area contributed by atoms with E-state index in [2.05, 4.69) is 48.5 Å². The highest BCUT2D eigenvalue weighted by Crippen LogP contribution is 2.45. The van der Waals surface area contributed by atoms with Crippen molar-refractivity contribution in [2.75, 3.05) is 39.6 Å². The van der Waals surface area contributed by atoms with Crippen LogP contribution in [0.2, 0.25) is 0 Å². The quantitative estimate of drug-likeness (QED) is 0.0222. The third kappa shape index (κ3) is 76.6. The van der Waals surface area contributed by atoms with Crippen LogP contribution in [-0.2, 0) is 65.4 Å². The van der Waals surface area contributed by atoms with Gasteiger partial charge in [-0.1, -0.05) is 389 Å². The Morgan fingerprint density at radius 2 is 0.495 bits per heavy atom. The Balaban J connectivity index is 5.24. The van der Waals surface area contributed by atoms with Crippen molar-refractivity contribution in [2.45, 2.75) is 458 Å². The van der Waals surface area contributed by atoms with Gasteiger partial charge in [0.2, 0.25) is 0 Å². The second-order valence-electron chi connectivity index (χ2n) is 31.4. The number of ether oxygens (including phenoxy) is 4. The minimum atomic E-state index is -4.96. The molecule has 6 atom stereocenters. The lowest BCUT2D eigenvalue weighted by Crippen LogP contribution is -2.30. The SMILES string of the molecule is CCCCCCCCCCCCCCCCCC(=O)OC[C@H](COP(=O)(O)OC[C@@H](O)COP(=O)(O)OC[C@@H](COC(=O)CCCCCCCCCCCC(C)C)OC(=O)CCCCCCCCCCCCCC(C)C)OC(=O)CCCCCCCCCCCCCCCCCCCCC(C)CC. The van der Waals surface area contributed by atoms with E-state index in [1.165, 1.54) is 250 Å². The van der Waals surface area contributed by atoms with Gasteiger partial charge in [0, 0.05) is 25.7 Å². The van der Waals surface area contributed by atoms with E-state index in [4.69, 9.17) is 37.0 Å². The number of carbonyl (C=O) groups excluding carboxylic acids is 4. The Bertz CT molecular complexity index is 1990. The van der Waals surface area contributed by atoms with E-state index < -0.39 is 97.5 Å². The fourth-order valence-electron chi connectivity index (χ4n) is 13.0. The van der Waals surface area contributed by atoms with Crippen LogP contribution < -0.4 is 0 Å². The summed E-state index contributed by atoms with van der Waals surface area (Å²) in [6, 6.07) is 0. The van der Waals surface area contributed by atoms with Gasteiger partial charge in [-0.05, 0) is 43.4 Å². The number of rotatable bonds is 82. The van der Waals surface area contributed by atoms with E-state index in [0.29, 0.717) is 25.7 Å². The van der Waals surface area contributed by atoms with E-state index in [1.54, 1.807) is 0 Å². The van der Waals surface area contributed by atoms with E-state index in [1.807, 2.05) is 0 Å². The molecule has 0 saturated carbocycles. The molecule has 0 aromatic rings. The Morgan fingerprint density at radius 3 is 0.738 bits per heavy atom. The van der Waals surface area contributed by atoms with Gasteiger partial charge in [0.1, 0.15) is 19.3 Å². The summed E-state index contributed by atoms with van der Waals surface area (Å²) in [5.74, 6) is 0.273. The fourth-order valence-corrected chi connectivity index (χ4v) is 14.6. The van der Waals surface area contributed by atoms with Gasteiger partial charge in [-0.15, -0.1) is 0 Å². The third-order valence-corrected chi connectivity index (χ3v) is 21.9. The highest BCUT2D eigenvalue weighted by atomic mass is 31.2. The molecule has 0 aromatic heterocycles. The number of phosphoric ester groups is 2. The van der Waals surface area contributed by atoms with Gasteiger partial charge in [-0.2, -0.15) is 0 Å². The molecule has 612 valence electrons. The summed E-state index contributed by atoms with van der Waals surface area (Å²) in [6.07, 6.45) is 63.8. The van der Waals surface area contributed by atoms with Crippen LogP contribution >= 0.6 is 15.6 Å². The lowest BCUT2D eigenvalue weighted by Gasteiger charge is -2.21. The van der Waals surface area contributed by atoms with Crippen molar-refractivity contribution < 1.29 is 80.2 Å². The monoisotopic (exact) mass is 1510 g/mol. The molecule has 19 heteroatoms. The summed E-state index contributed by atoms with van der Waals surface area (Å²) in [5.41, 5.74) is 0. The summed E-state index contributed by atoms with van der Waals surface area (Å²) < 4.78 is 68.8. The largest absolute Gasteiger partial charge is 0.472 e. The van der Waals surface area contributed by atoms with Gasteiger partial charge < -0.3 is 33.8 Å². The number of phosphoric acid groups is 2. The lowest BCUT2D eigenvalue weighted by atomic mass is 9.99. The van der Waals surface area contributed by atoms with E-state index in [0.717, 1.165) is 108 Å². The number of carbonyl (C=O) groups is 4. The molecule has 3 unspecified atom stereocenters. The number of aliphatic hydroxyl groups excluding tert-OH is 1. The molecule has 0 fully saturated rings. The van der Waals surface area contributed by atoms with Gasteiger partial charge in [0.15, 0.2) is 12.2 Å². The minimum Gasteiger partial charge on any atom is -0.462 e. The lowest BCUT2D eigenvalue weighted by molar-refractivity contribution is -0.161. The minimum absolute atomic E-state index is 0.106. The Labute approximate surface area is 632 Å². The third-order valence-electron chi connectivity index (χ3n) is 20.0. The van der Waals surface area contributed by atoms with Crippen molar-refractivity contribution in [3.05, 3.63) is 0 Å². The predicted molar refractivity (Wildman–Crippen MR) is 423 cm³/mol. The van der Waals surface area contributed by atoms with Crippen LogP contribution in [0.4, 0.5) is 0 Å². The number of aliphatic hydroxyl groups is 1. The zero-order valence-electron chi connectivity index (χ0n) is 67.8. The molecule has 0 aromatic carbocycles. The molecule has 0 aliphatic rings. The zero-order chi connectivity index (χ0) is 75.8. The molecule has 0 aliphatic heterocycles. The van der Waals surface area contributed by atoms with Crippen LogP contribution in [0.3, 0.4) is 0 Å². The predicted octanol–water partition coefficient (Wildman–Crippen LogP) is 25.3.